The minimum Gasteiger partial charge on any atom is -0.374 e. The van der Waals surface area contributed by atoms with Gasteiger partial charge in [0.05, 0.1) is 18.2 Å². The van der Waals surface area contributed by atoms with Crippen molar-refractivity contribution in [2.75, 3.05) is 20.1 Å². The lowest BCUT2D eigenvalue weighted by atomic mass is 9.83. The molecule has 6 atom stereocenters. The highest BCUT2D eigenvalue weighted by atomic mass is 19.1. The zero-order valence-electron chi connectivity index (χ0n) is 24.0. The van der Waals surface area contributed by atoms with E-state index in [1.807, 2.05) is 13.8 Å². The first-order valence-electron chi connectivity index (χ1n) is 14.7. The summed E-state index contributed by atoms with van der Waals surface area (Å²) in [4.78, 5) is 41.3. The van der Waals surface area contributed by atoms with Crippen LogP contribution >= 0.6 is 0 Å². The second kappa shape index (κ2) is 15.3. The molecule has 0 radical (unpaired) electrons. The second-order valence-corrected chi connectivity index (χ2v) is 11.2. The maximum absolute atomic E-state index is 13.4. The van der Waals surface area contributed by atoms with Crippen molar-refractivity contribution in [1.82, 2.24) is 20.9 Å². The molecule has 1 aliphatic heterocycles. The van der Waals surface area contributed by atoms with Crippen molar-refractivity contribution in [3.63, 3.8) is 0 Å². The minimum atomic E-state index is -0.844. The zero-order valence-corrected chi connectivity index (χ0v) is 24.0. The Kier molecular flexibility index (Phi) is 12.2. The van der Waals surface area contributed by atoms with E-state index in [4.69, 9.17) is 4.74 Å². The van der Waals surface area contributed by atoms with E-state index in [1.54, 1.807) is 26.1 Å². The SMILES string of the molecule is CCC[C@@H]1NC[C@@H](C)OC2CCCCC2CCCNC(=O)[C@@H](Cc2ccc(F)cc2)NC(=O)[C@@H](C)N(C)C1=O. The summed E-state index contributed by atoms with van der Waals surface area (Å²) < 4.78 is 19.9. The molecule has 3 rings (SSSR count). The Hall–Kier alpha value is -2.52. The van der Waals surface area contributed by atoms with Crippen LogP contribution in [0.1, 0.15) is 77.7 Å². The standard InChI is InChI=1S/C30H47FN4O4/c1-5-9-25-30(38)35(4)21(3)28(36)34-26(18-22-13-15-24(31)16-14-22)29(37)32-17-8-11-23-10-6-7-12-27(23)39-20(2)19-33-25/h13-16,20-21,23,25-27,33H,5-12,17-19H2,1-4H3,(H,32,37)(H,34,36)/t20-,21-,23?,25+,26-,27?/m1/s1. The lowest BCUT2D eigenvalue weighted by Gasteiger charge is -2.35. The van der Waals surface area contributed by atoms with Crippen molar-refractivity contribution in [3.05, 3.63) is 35.6 Å². The van der Waals surface area contributed by atoms with Gasteiger partial charge in [-0.1, -0.05) is 38.3 Å². The first-order valence-corrected chi connectivity index (χ1v) is 14.7. The summed E-state index contributed by atoms with van der Waals surface area (Å²) in [6.45, 7) is 6.80. The Morgan fingerprint density at radius 1 is 0.974 bits per heavy atom. The van der Waals surface area contributed by atoms with E-state index in [9.17, 15) is 18.8 Å². The Bertz CT molecular complexity index is 943. The Morgan fingerprint density at radius 2 is 1.67 bits per heavy atom. The highest BCUT2D eigenvalue weighted by molar-refractivity contribution is 5.92. The number of carbonyl (C=O) groups excluding carboxylic acids is 3. The highest BCUT2D eigenvalue weighted by Gasteiger charge is 2.32. The number of fused-ring (bicyclic) bond motifs is 1. The molecule has 0 spiro atoms. The Morgan fingerprint density at radius 3 is 2.38 bits per heavy atom. The van der Waals surface area contributed by atoms with Crippen LogP contribution in [0.5, 0.6) is 0 Å². The van der Waals surface area contributed by atoms with Crippen molar-refractivity contribution in [2.24, 2.45) is 5.92 Å². The molecule has 3 amide bonds. The molecule has 1 aromatic rings. The first kappa shape index (κ1) is 31.0. The molecular formula is C30H47FN4O4. The van der Waals surface area contributed by atoms with E-state index in [0.29, 0.717) is 25.4 Å². The molecule has 3 N–H and O–H groups in total. The second-order valence-electron chi connectivity index (χ2n) is 11.2. The van der Waals surface area contributed by atoms with Gasteiger partial charge in [-0.05, 0) is 69.6 Å². The van der Waals surface area contributed by atoms with Crippen LogP contribution in [0.4, 0.5) is 4.39 Å². The fourth-order valence-electron chi connectivity index (χ4n) is 5.61. The van der Waals surface area contributed by atoms with Gasteiger partial charge in [-0.2, -0.15) is 0 Å². The number of nitrogens with zero attached hydrogens (tertiary/aromatic N) is 1. The van der Waals surface area contributed by atoms with Crippen molar-refractivity contribution >= 4 is 17.7 Å². The minimum absolute atomic E-state index is 0.0420. The van der Waals surface area contributed by atoms with Gasteiger partial charge in [0, 0.05) is 26.6 Å². The van der Waals surface area contributed by atoms with Gasteiger partial charge in [0.15, 0.2) is 0 Å². The van der Waals surface area contributed by atoms with E-state index in [2.05, 4.69) is 16.0 Å². The summed E-state index contributed by atoms with van der Waals surface area (Å²) in [5.41, 5.74) is 0.736. The molecule has 1 aliphatic carbocycles. The van der Waals surface area contributed by atoms with E-state index in [1.165, 1.54) is 23.5 Å². The number of hydrogen-bond acceptors (Lipinski definition) is 5. The summed E-state index contributed by atoms with van der Waals surface area (Å²) in [6, 6.07) is 3.86. The topological polar surface area (TPSA) is 99.8 Å². The number of halogens is 1. The zero-order chi connectivity index (χ0) is 28.4. The molecule has 218 valence electrons. The summed E-state index contributed by atoms with van der Waals surface area (Å²) in [5, 5.41) is 9.24. The highest BCUT2D eigenvalue weighted by Crippen LogP contribution is 2.31. The van der Waals surface area contributed by atoms with E-state index in [-0.39, 0.29) is 36.3 Å². The van der Waals surface area contributed by atoms with Gasteiger partial charge in [0.25, 0.3) is 0 Å². The van der Waals surface area contributed by atoms with Crippen molar-refractivity contribution in [2.45, 2.75) is 109 Å². The number of hydrogen-bond donors (Lipinski definition) is 3. The summed E-state index contributed by atoms with van der Waals surface area (Å²) >= 11 is 0. The summed E-state index contributed by atoms with van der Waals surface area (Å²) in [5.74, 6) is -0.785. The van der Waals surface area contributed by atoms with E-state index >= 15 is 0 Å². The average Bonchev–Trinajstić information content (AvgIpc) is 2.93. The smallest absolute Gasteiger partial charge is 0.243 e. The van der Waals surface area contributed by atoms with Gasteiger partial charge in [-0.3, -0.25) is 14.4 Å². The van der Waals surface area contributed by atoms with Gasteiger partial charge in [-0.25, -0.2) is 4.39 Å². The number of nitrogens with one attached hydrogen (secondary N) is 3. The molecule has 2 fully saturated rings. The largest absolute Gasteiger partial charge is 0.374 e. The number of amides is 3. The third-order valence-corrected chi connectivity index (χ3v) is 8.12. The van der Waals surface area contributed by atoms with Crippen LogP contribution in [0.3, 0.4) is 0 Å². The number of rotatable bonds is 4. The first-order chi connectivity index (χ1) is 18.7. The van der Waals surface area contributed by atoms with Crippen LogP contribution in [0, 0.1) is 11.7 Å². The van der Waals surface area contributed by atoms with Gasteiger partial charge in [0.1, 0.15) is 17.9 Å². The molecule has 1 saturated heterocycles. The molecule has 39 heavy (non-hydrogen) atoms. The third kappa shape index (κ3) is 9.28. The molecule has 8 nitrogen and oxygen atoms in total. The van der Waals surface area contributed by atoms with Crippen LogP contribution < -0.4 is 16.0 Å². The van der Waals surface area contributed by atoms with Crippen molar-refractivity contribution < 1.29 is 23.5 Å². The summed E-state index contributed by atoms with van der Waals surface area (Å²) in [6.07, 6.45) is 8.09. The predicted octanol–water partition coefficient (Wildman–Crippen LogP) is 3.33. The number of carbonyl (C=O) groups is 3. The van der Waals surface area contributed by atoms with Crippen molar-refractivity contribution in [1.29, 1.82) is 0 Å². The van der Waals surface area contributed by atoms with E-state index in [0.717, 1.165) is 44.1 Å². The fourth-order valence-corrected chi connectivity index (χ4v) is 5.61. The molecule has 0 bridgehead atoms. The normalized spacial score (nSPS) is 30.5. The monoisotopic (exact) mass is 546 g/mol. The van der Waals surface area contributed by atoms with Gasteiger partial charge >= 0.3 is 0 Å². The third-order valence-electron chi connectivity index (χ3n) is 8.12. The molecule has 1 aromatic carbocycles. The Balaban J connectivity index is 1.81. The van der Waals surface area contributed by atoms with Crippen LogP contribution in [0.25, 0.3) is 0 Å². The van der Waals surface area contributed by atoms with Crippen molar-refractivity contribution in [3.8, 4) is 0 Å². The van der Waals surface area contributed by atoms with Gasteiger partial charge in [0.2, 0.25) is 17.7 Å². The molecular weight excluding hydrogens is 499 g/mol. The maximum Gasteiger partial charge on any atom is 0.243 e. The number of benzene rings is 1. The molecule has 0 aromatic heterocycles. The lowest BCUT2D eigenvalue weighted by molar-refractivity contribution is -0.141. The Labute approximate surface area is 232 Å². The molecule has 1 saturated carbocycles. The van der Waals surface area contributed by atoms with Crippen LogP contribution in [0.15, 0.2) is 24.3 Å². The van der Waals surface area contributed by atoms with Gasteiger partial charge < -0.3 is 25.6 Å². The molecule has 2 unspecified atom stereocenters. The van der Waals surface area contributed by atoms with E-state index < -0.39 is 24.0 Å². The fraction of sp³-hybridized carbons (Fsp3) is 0.700. The maximum atomic E-state index is 13.4. The molecule has 9 heteroatoms. The molecule has 1 heterocycles. The van der Waals surface area contributed by atoms with Crippen LogP contribution in [0.2, 0.25) is 0 Å². The summed E-state index contributed by atoms with van der Waals surface area (Å²) in [7, 11) is 1.62. The number of ether oxygens (including phenoxy) is 1. The number of likely N-dealkylation sites (N-methyl/N-ethyl adjacent to an activating group) is 1. The lowest BCUT2D eigenvalue weighted by Crippen LogP contribution is -2.56. The van der Waals surface area contributed by atoms with Crippen LogP contribution in [-0.2, 0) is 25.5 Å². The average molecular weight is 547 g/mol. The quantitative estimate of drug-likeness (QED) is 0.538. The predicted molar refractivity (Wildman–Crippen MR) is 150 cm³/mol. The van der Waals surface area contributed by atoms with Gasteiger partial charge in [-0.15, -0.1) is 0 Å². The van der Waals surface area contributed by atoms with Crippen LogP contribution in [-0.4, -0.2) is 73.1 Å². The molecule has 2 aliphatic rings.